The summed E-state index contributed by atoms with van der Waals surface area (Å²) in [6.07, 6.45) is 3.11. The summed E-state index contributed by atoms with van der Waals surface area (Å²) in [5.41, 5.74) is 6.26. The van der Waals surface area contributed by atoms with E-state index in [9.17, 15) is 9.59 Å². The summed E-state index contributed by atoms with van der Waals surface area (Å²) < 4.78 is 4.14. The minimum atomic E-state index is -0.567. The lowest BCUT2D eigenvalue weighted by molar-refractivity contribution is 0.694. The van der Waals surface area contributed by atoms with Crippen LogP contribution < -0.4 is 16.9 Å². The van der Waals surface area contributed by atoms with Gasteiger partial charge in [0.2, 0.25) is 0 Å². The van der Waals surface area contributed by atoms with Gasteiger partial charge in [-0.25, -0.2) is 0 Å². The zero-order valence-corrected chi connectivity index (χ0v) is 10.5. The number of hydrogen-bond donors (Lipinski definition) is 1. The first-order chi connectivity index (χ1) is 8.41. The first-order valence-corrected chi connectivity index (χ1v) is 5.46. The van der Waals surface area contributed by atoms with Crippen molar-refractivity contribution in [1.82, 2.24) is 18.9 Å². The van der Waals surface area contributed by atoms with Gasteiger partial charge in [0, 0.05) is 32.1 Å². The van der Waals surface area contributed by atoms with Crippen LogP contribution in [0.5, 0.6) is 0 Å². The topological polar surface area (TPSA) is 87.8 Å². The minimum Gasteiger partial charge on any atom is -0.384 e. The van der Waals surface area contributed by atoms with E-state index >= 15 is 0 Å². The number of anilines is 1. The Morgan fingerprint density at radius 1 is 1.22 bits per heavy atom. The second-order valence-corrected chi connectivity index (χ2v) is 4.22. The van der Waals surface area contributed by atoms with Gasteiger partial charge < -0.3 is 14.9 Å². The number of aryl methyl sites for hydroxylation is 3. The van der Waals surface area contributed by atoms with Crippen molar-refractivity contribution in [2.45, 2.75) is 13.5 Å². The molecule has 0 bridgehead atoms. The van der Waals surface area contributed by atoms with E-state index < -0.39 is 11.1 Å². The van der Waals surface area contributed by atoms with Crippen molar-refractivity contribution < 1.29 is 0 Å². The summed E-state index contributed by atoms with van der Waals surface area (Å²) in [4.78, 5) is 23.3. The van der Waals surface area contributed by atoms with Crippen molar-refractivity contribution in [1.29, 1.82) is 0 Å². The smallest absolute Gasteiger partial charge is 0.316 e. The number of nitrogens with zero attached hydrogens (tertiary/aromatic N) is 4. The maximum Gasteiger partial charge on any atom is 0.316 e. The van der Waals surface area contributed by atoms with Crippen LogP contribution in [0.1, 0.15) is 11.3 Å². The molecule has 0 aliphatic heterocycles. The third-order valence-corrected chi connectivity index (χ3v) is 2.96. The van der Waals surface area contributed by atoms with Crippen LogP contribution in [-0.4, -0.2) is 18.9 Å². The van der Waals surface area contributed by atoms with E-state index in [-0.39, 0.29) is 6.54 Å². The first-order valence-electron chi connectivity index (χ1n) is 5.46. The highest BCUT2D eigenvalue weighted by Gasteiger charge is 2.12. The standard InChI is InChI=1S/C11H15N5O2/c1-7-8(9(12)15(3)13-7)6-16-5-4-14(2)10(17)11(16)18/h4-5H,6,12H2,1-3H3. The molecule has 7 nitrogen and oxygen atoms in total. The molecule has 18 heavy (non-hydrogen) atoms. The number of hydrogen-bond acceptors (Lipinski definition) is 4. The molecule has 0 amide bonds. The molecule has 0 radical (unpaired) electrons. The van der Waals surface area contributed by atoms with Crippen LogP contribution in [0.4, 0.5) is 5.82 Å². The lowest BCUT2D eigenvalue weighted by atomic mass is 10.2. The maximum absolute atomic E-state index is 11.8. The third-order valence-electron chi connectivity index (χ3n) is 2.96. The molecule has 2 N–H and O–H groups in total. The SMILES string of the molecule is Cc1nn(C)c(N)c1Cn1ccn(C)c(=O)c1=O. The van der Waals surface area contributed by atoms with Crippen molar-refractivity contribution in [3.8, 4) is 0 Å². The number of aromatic nitrogens is 4. The van der Waals surface area contributed by atoms with E-state index in [0.29, 0.717) is 5.82 Å². The predicted molar refractivity (Wildman–Crippen MR) is 67.4 cm³/mol. The Morgan fingerprint density at radius 3 is 2.44 bits per heavy atom. The van der Waals surface area contributed by atoms with E-state index in [1.807, 2.05) is 6.92 Å². The summed E-state index contributed by atoms with van der Waals surface area (Å²) in [5.74, 6) is 0.500. The second-order valence-electron chi connectivity index (χ2n) is 4.22. The molecule has 7 heteroatoms. The van der Waals surface area contributed by atoms with E-state index in [0.717, 1.165) is 11.3 Å². The zero-order chi connectivity index (χ0) is 13.4. The fraction of sp³-hybridized carbons (Fsp3) is 0.364. The van der Waals surface area contributed by atoms with E-state index in [2.05, 4.69) is 5.10 Å². The molecule has 2 heterocycles. The average Bonchev–Trinajstić information content (AvgIpc) is 2.56. The lowest BCUT2D eigenvalue weighted by Crippen LogP contribution is -2.39. The van der Waals surface area contributed by atoms with Crippen molar-refractivity contribution in [3.05, 3.63) is 44.4 Å². The molecule has 2 rings (SSSR count). The normalized spacial score (nSPS) is 10.8. The molecule has 0 aliphatic rings. The predicted octanol–water partition coefficient (Wildman–Crippen LogP) is -0.781. The molecule has 0 saturated carbocycles. The summed E-state index contributed by atoms with van der Waals surface area (Å²) in [7, 11) is 3.27. The molecule has 2 aromatic heterocycles. The first kappa shape index (κ1) is 12.2. The van der Waals surface area contributed by atoms with Crippen molar-refractivity contribution in [3.63, 3.8) is 0 Å². The van der Waals surface area contributed by atoms with Gasteiger partial charge >= 0.3 is 11.1 Å². The molecule has 2 aromatic rings. The molecule has 0 aromatic carbocycles. The molecule has 0 spiro atoms. The highest BCUT2D eigenvalue weighted by atomic mass is 16.2. The van der Waals surface area contributed by atoms with E-state index in [4.69, 9.17) is 5.73 Å². The van der Waals surface area contributed by atoms with Gasteiger partial charge in [-0.3, -0.25) is 14.3 Å². The molecule has 96 valence electrons. The van der Waals surface area contributed by atoms with Gasteiger partial charge in [0.05, 0.1) is 12.2 Å². The molecule has 0 saturated heterocycles. The Labute approximate surface area is 103 Å². The Hall–Kier alpha value is -2.31. The summed E-state index contributed by atoms with van der Waals surface area (Å²) >= 11 is 0. The van der Waals surface area contributed by atoms with Gasteiger partial charge in [-0.1, -0.05) is 0 Å². The number of rotatable bonds is 2. The Kier molecular flexibility index (Phi) is 2.82. The van der Waals surface area contributed by atoms with Gasteiger partial charge in [-0.05, 0) is 6.92 Å². The average molecular weight is 249 g/mol. The lowest BCUT2D eigenvalue weighted by Gasteiger charge is -2.06. The molecule has 0 unspecified atom stereocenters. The quantitative estimate of drug-likeness (QED) is 0.707. The Morgan fingerprint density at radius 2 is 1.89 bits per heavy atom. The summed E-state index contributed by atoms with van der Waals surface area (Å²) in [6.45, 7) is 2.07. The molecular weight excluding hydrogens is 234 g/mol. The van der Waals surface area contributed by atoms with Crippen LogP contribution in [0.15, 0.2) is 22.0 Å². The fourth-order valence-corrected chi connectivity index (χ4v) is 1.80. The van der Waals surface area contributed by atoms with E-state index in [1.165, 1.54) is 16.2 Å². The zero-order valence-electron chi connectivity index (χ0n) is 10.5. The molecule has 0 atom stereocenters. The summed E-state index contributed by atoms with van der Waals surface area (Å²) in [5, 5.41) is 4.17. The van der Waals surface area contributed by atoms with Crippen LogP contribution in [0.25, 0.3) is 0 Å². The maximum atomic E-state index is 11.8. The highest BCUT2D eigenvalue weighted by molar-refractivity contribution is 5.42. The largest absolute Gasteiger partial charge is 0.384 e. The van der Waals surface area contributed by atoms with Crippen LogP contribution >= 0.6 is 0 Å². The monoisotopic (exact) mass is 249 g/mol. The highest BCUT2D eigenvalue weighted by Crippen LogP contribution is 2.15. The Bertz CT molecular complexity index is 707. The van der Waals surface area contributed by atoms with Crippen LogP contribution in [0, 0.1) is 6.92 Å². The van der Waals surface area contributed by atoms with Gasteiger partial charge in [0.25, 0.3) is 0 Å². The van der Waals surface area contributed by atoms with Crippen molar-refractivity contribution in [2.24, 2.45) is 14.1 Å². The van der Waals surface area contributed by atoms with Crippen molar-refractivity contribution in [2.75, 3.05) is 5.73 Å². The molecule has 0 fully saturated rings. The van der Waals surface area contributed by atoms with Gasteiger partial charge in [-0.15, -0.1) is 0 Å². The second kappa shape index (κ2) is 4.17. The number of nitrogen functional groups attached to an aromatic ring is 1. The molecule has 0 aliphatic carbocycles. The van der Waals surface area contributed by atoms with Gasteiger partial charge in [0.1, 0.15) is 5.82 Å². The van der Waals surface area contributed by atoms with Gasteiger partial charge in [0.15, 0.2) is 0 Å². The fourth-order valence-electron chi connectivity index (χ4n) is 1.80. The van der Waals surface area contributed by atoms with Gasteiger partial charge in [-0.2, -0.15) is 5.10 Å². The van der Waals surface area contributed by atoms with Crippen LogP contribution in [0.2, 0.25) is 0 Å². The molecular formula is C11H15N5O2. The number of nitrogens with two attached hydrogens (primary N) is 1. The van der Waals surface area contributed by atoms with Crippen LogP contribution in [-0.2, 0) is 20.6 Å². The summed E-state index contributed by atoms with van der Waals surface area (Å²) in [6, 6.07) is 0. The third kappa shape index (κ3) is 1.83. The minimum absolute atomic E-state index is 0.250. The van der Waals surface area contributed by atoms with Crippen LogP contribution in [0.3, 0.4) is 0 Å². The Balaban J connectivity index is 2.50. The van der Waals surface area contributed by atoms with E-state index in [1.54, 1.807) is 24.1 Å². The van der Waals surface area contributed by atoms with Crippen molar-refractivity contribution >= 4 is 5.82 Å².